The number of hydrogen-bond acceptors (Lipinski definition) is 0. The van der Waals surface area contributed by atoms with Crippen molar-refractivity contribution in [2.45, 2.75) is 116 Å². The van der Waals surface area contributed by atoms with Crippen molar-refractivity contribution in [2.24, 2.45) is 52.3 Å². The molecule has 28 heavy (non-hydrogen) atoms. The zero-order chi connectivity index (χ0) is 20.1. The van der Waals surface area contributed by atoms with Crippen molar-refractivity contribution in [3.63, 3.8) is 0 Å². The Balaban J connectivity index is 1.50. The van der Waals surface area contributed by atoms with Crippen LogP contribution in [-0.4, -0.2) is 4.83 Å². The molecule has 1 heteroatoms. The van der Waals surface area contributed by atoms with E-state index in [1.165, 1.54) is 77.0 Å². The van der Waals surface area contributed by atoms with Gasteiger partial charge in [0, 0.05) is 4.83 Å². The maximum Gasteiger partial charge on any atom is 0.0182 e. The molecule has 1 unspecified atom stereocenters. The molecular formula is C27H47Br. The minimum atomic E-state index is 0.627. The predicted octanol–water partition coefficient (Wildman–Crippen LogP) is 8.87. The summed E-state index contributed by atoms with van der Waals surface area (Å²) in [5, 5.41) is 0. The van der Waals surface area contributed by atoms with Gasteiger partial charge in [-0.2, -0.15) is 0 Å². The molecule has 4 aliphatic carbocycles. The molecule has 4 fully saturated rings. The molecule has 0 spiro atoms. The summed E-state index contributed by atoms with van der Waals surface area (Å²) in [5.41, 5.74) is 1.29. The Labute approximate surface area is 184 Å². The number of alkyl halides is 1. The summed E-state index contributed by atoms with van der Waals surface area (Å²) in [7, 11) is 0. The fraction of sp³-hybridized carbons (Fsp3) is 1.00. The zero-order valence-electron chi connectivity index (χ0n) is 19.5. The van der Waals surface area contributed by atoms with Crippen molar-refractivity contribution in [3.05, 3.63) is 0 Å². The van der Waals surface area contributed by atoms with Gasteiger partial charge in [0.1, 0.15) is 0 Å². The van der Waals surface area contributed by atoms with Gasteiger partial charge in [0.05, 0.1) is 0 Å². The van der Waals surface area contributed by atoms with Crippen LogP contribution in [0.1, 0.15) is 112 Å². The highest BCUT2D eigenvalue weighted by Crippen LogP contribution is 2.69. The van der Waals surface area contributed by atoms with E-state index in [0.29, 0.717) is 10.8 Å². The lowest BCUT2D eigenvalue weighted by atomic mass is 9.44. The van der Waals surface area contributed by atoms with E-state index in [9.17, 15) is 0 Å². The summed E-state index contributed by atoms with van der Waals surface area (Å²) in [4.78, 5) is 0.799. The van der Waals surface area contributed by atoms with Gasteiger partial charge in [-0.1, -0.05) is 82.7 Å². The average Bonchev–Trinajstić information content (AvgIpc) is 2.99. The number of fused-ring (bicyclic) bond motifs is 5. The molecule has 4 rings (SSSR count). The van der Waals surface area contributed by atoms with Gasteiger partial charge in [-0.05, 0) is 97.2 Å². The van der Waals surface area contributed by atoms with Crippen LogP contribution in [0.25, 0.3) is 0 Å². The fourth-order valence-corrected chi connectivity index (χ4v) is 10.4. The molecule has 0 N–H and O–H groups in total. The molecule has 0 heterocycles. The second kappa shape index (κ2) is 8.20. The molecule has 0 aromatic heterocycles. The first-order valence-corrected chi connectivity index (χ1v) is 13.8. The van der Waals surface area contributed by atoms with Crippen LogP contribution >= 0.6 is 15.9 Å². The van der Waals surface area contributed by atoms with Gasteiger partial charge in [0.15, 0.2) is 0 Å². The molecule has 162 valence electrons. The van der Waals surface area contributed by atoms with E-state index in [1.807, 2.05) is 0 Å². The largest absolute Gasteiger partial charge is 0.0887 e. The van der Waals surface area contributed by atoms with Crippen LogP contribution in [0.5, 0.6) is 0 Å². The van der Waals surface area contributed by atoms with Crippen LogP contribution in [0, 0.1) is 52.3 Å². The molecule has 4 aliphatic rings. The van der Waals surface area contributed by atoms with E-state index >= 15 is 0 Å². The van der Waals surface area contributed by atoms with Crippen LogP contribution < -0.4 is 0 Å². The molecule has 0 aromatic carbocycles. The van der Waals surface area contributed by atoms with E-state index < -0.39 is 0 Å². The third kappa shape index (κ3) is 3.56. The lowest BCUT2D eigenvalue weighted by Crippen LogP contribution is -2.56. The topological polar surface area (TPSA) is 0 Å². The third-order valence-electron chi connectivity index (χ3n) is 10.8. The molecule has 0 amide bonds. The second-order valence-electron chi connectivity index (χ2n) is 12.5. The van der Waals surface area contributed by atoms with Crippen molar-refractivity contribution in [1.29, 1.82) is 0 Å². The second-order valence-corrected chi connectivity index (χ2v) is 13.7. The lowest BCUT2D eigenvalue weighted by molar-refractivity contribution is -0.110. The highest BCUT2D eigenvalue weighted by Gasteiger charge is 2.62. The fourth-order valence-electron chi connectivity index (χ4n) is 9.23. The number of halogens is 1. The van der Waals surface area contributed by atoms with Crippen LogP contribution in [0.2, 0.25) is 0 Å². The first kappa shape index (κ1) is 21.7. The van der Waals surface area contributed by atoms with Gasteiger partial charge in [0.2, 0.25) is 0 Å². The highest BCUT2D eigenvalue weighted by atomic mass is 79.9. The van der Waals surface area contributed by atoms with Gasteiger partial charge in [0.25, 0.3) is 0 Å². The summed E-state index contributed by atoms with van der Waals surface area (Å²) >= 11 is 4.29. The van der Waals surface area contributed by atoms with Crippen molar-refractivity contribution >= 4 is 15.9 Å². The molecular weight excluding hydrogens is 404 g/mol. The predicted molar refractivity (Wildman–Crippen MR) is 126 cm³/mol. The van der Waals surface area contributed by atoms with E-state index in [4.69, 9.17) is 0 Å². The smallest absolute Gasteiger partial charge is 0.0182 e. The van der Waals surface area contributed by atoms with Gasteiger partial charge in [-0.25, -0.2) is 0 Å². The summed E-state index contributed by atoms with van der Waals surface area (Å²) in [5.74, 6) is 6.75. The Bertz CT molecular complexity index is 540. The quantitative estimate of drug-likeness (QED) is 0.366. The Kier molecular flexibility index (Phi) is 6.35. The molecule has 0 saturated heterocycles. The number of rotatable bonds is 5. The van der Waals surface area contributed by atoms with Gasteiger partial charge >= 0.3 is 0 Å². The van der Waals surface area contributed by atoms with Crippen LogP contribution in [0.15, 0.2) is 0 Å². The summed E-state index contributed by atoms with van der Waals surface area (Å²) < 4.78 is 0. The molecule has 0 bridgehead atoms. The van der Waals surface area contributed by atoms with Gasteiger partial charge in [-0.15, -0.1) is 0 Å². The molecule has 0 nitrogen and oxygen atoms in total. The minimum Gasteiger partial charge on any atom is -0.0887 e. The average molecular weight is 452 g/mol. The zero-order valence-corrected chi connectivity index (χ0v) is 21.1. The molecule has 0 radical (unpaired) electrons. The highest BCUT2D eigenvalue weighted by molar-refractivity contribution is 9.09. The number of hydrogen-bond donors (Lipinski definition) is 0. The van der Waals surface area contributed by atoms with E-state index in [0.717, 1.165) is 46.3 Å². The van der Waals surface area contributed by atoms with Gasteiger partial charge in [-0.3, -0.25) is 0 Å². The maximum atomic E-state index is 4.29. The molecule has 0 aromatic rings. The van der Waals surface area contributed by atoms with Crippen molar-refractivity contribution < 1.29 is 0 Å². The summed E-state index contributed by atoms with van der Waals surface area (Å²) in [6, 6.07) is 0. The van der Waals surface area contributed by atoms with Crippen LogP contribution in [0.3, 0.4) is 0 Å². The lowest BCUT2D eigenvalue weighted by Gasteiger charge is -2.62. The third-order valence-corrected chi connectivity index (χ3v) is 11.7. The monoisotopic (exact) mass is 450 g/mol. The van der Waals surface area contributed by atoms with E-state index in [2.05, 4.69) is 50.5 Å². The summed E-state index contributed by atoms with van der Waals surface area (Å²) in [6.07, 6.45) is 17.9. The van der Waals surface area contributed by atoms with E-state index in [-0.39, 0.29) is 0 Å². The molecule has 0 aliphatic heterocycles. The Morgan fingerprint density at radius 3 is 2.36 bits per heavy atom. The molecule has 4 saturated carbocycles. The Morgan fingerprint density at radius 1 is 0.857 bits per heavy atom. The van der Waals surface area contributed by atoms with Crippen molar-refractivity contribution in [1.82, 2.24) is 0 Å². The van der Waals surface area contributed by atoms with Crippen LogP contribution in [-0.2, 0) is 0 Å². The van der Waals surface area contributed by atoms with Gasteiger partial charge < -0.3 is 0 Å². The van der Waals surface area contributed by atoms with E-state index in [1.54, 1.807) is 0 Å². The molecule has 9 atom stereocenters. The standard InChI is InChI=1S/C27H47Br/c1-18(2)9-8-10-19(3)21-12-13-22-25-23(14-16-27(21,22)5)26(4)15-7-6-11-20(26)17-24(25)28/h18-25H,6-17H2,1-5H3/t19-,20?,21-,22+,23+,24-,25+,26+,27-/m1/s1. The first-order valence-electron chi connectivity index (χ1n) is 12.9. The van der Waals surface area contributed by atoms with Crippen molar-refractivity contribution in [2.75, 3.05) is 0 Å². The Morgan fingerprint density at radius 2 is 1.61 bits per heavy atom. The van der Waals surface area contributed by atoms with Crippen LogP contribution in [0.4, 0.5) is 0 Å². The Hall–Kier alpha value is 0.480. The normalized spacial score (nSPS) is 49.4. The van der Waals surface area contributed by atoms with Crippen molar-refractivity contribution in [3.8, 4) is 0 Å². The maximum absolute atomic E-state index is 4.29. The summed E-state index contributed by atoms with van der Waals surface area (Å²) in [6.45, 7) is 12.8. The first-order chi connectivity index (χ1) is 13.3. The minimum absolute atomic E-state index is 0.627. The SMILES string of the molecule is CC(C)CCC[C@@H](C)[C@H]1CC[C@H]2[C@@H]3[C@H](Br)CC4CCCC[C@]4(C)[C@H]3CC[C@]12C.